The first-order valence-corrected chi connectivity index (χ1v) is 10.00. The van der Waals surface area contributed by atoms with Gasteiger partial charge in [-0.15, -0.1) is 11.3 Å². The molecular formula is C19H17BrF2N4OS. The van der Waals surface area contributed by atoms with Crippen LogP contribution in [0, 0.1) is 11.6 Å². The van der Waals surface area contributed by atoms with Crippen LogP contribution in [0.3, 0.4) is 0 Å². The molecule has 1 amide bonds. The maximum atomic E-state index is 13.5. The fourth-order valence-electron chi connectivity index (χ4n) is 2.58. The van der Waals surface area contributed by atoms with Crippen molar-refractivity contribution in [2.45, 2.75) is 19.5 Å². The van der Waals surface area contributed by atoms with Gasteiger partial charge in [0, 0.05) is 11.1 Å². The van der Waals surface area contributed by atoms with Crippen LogP contribution in [0.4, 0.5) is 20.3 Å². The van der Waals surface area contributed by atoms with Crippen molar-refractivity contribution in [1.82, 2.24) is 10.3 Å². The molecule has 5 nitrogen and oxygen atoms in total. The van der Waals surface area contributed by atoms with Crippen LogP contribution in [0.2, 0.25) is 0 Å². The largest absolute Gasteiger partial charge is 0.397 e. The highest BCUT2D eigenvalue weighted by atomic mass is 79.9. The second-order valence-corrected chi connectivity index (χ2v) is 7.93. The van der Waals surface area contributed by atoms with E-state index in [1.807, 2.05) is 17.5 Å². The molecule has 0 spiro atoms. The first-order valence-electron chi connectivity index (χ1n) is 8.33. The lowest BCUT2D eigenvalue weighted by Crippen LogP contribution is -2.29. The molecule has 1 atom stereocenters. The van der Waals surface area contributed by atoms with Crippen LogP contribution in [0.25, 0.3) is 0 Å². The maximum absolute atomic E-state index is 13.5. The van der Waals surface area contributed by atoms with Crippen molar-refractivity contribution in [2.24, 2.45) is 0 Å². The highest BCUT2D eigenvalue weighted by Crippen LogP contribution is 2.29. The Labute approximate surface area is 173 Å². The van der Waals surface area contributed by atoms with E-state index in [2.05, 4.69) is 31.5 Å². The van der Waals surface area contributed by atoms with Gasteiger partial charge in [0.1, 0.15) is 11.4 Å². The Kier molecular flexibility index (Phi) is 6.25. The predicted octanol–water partition coefficient (Wildman–Crippen LogP) is 4.87. The molecular weight excluding hydrogens is 450 g/mol. The van der Waals surface area contributed by atoms with Crippen LogP contribution in [-0.2, 0) is 6.54 Å². The highest BCUT2D eigenvalue weighted by molar-refractivity contribution is 9.10. The summed E-state index contributed by atoms with van der Waals surface area (Å²) >= 11 is 4.86. The fraction of sp³-hybridized carbons (Fsp3) is 0.158. The molecule has 0 fully saturated rings. The Bertz CT molecular complexity index is 998. The molecule has 3 aromatic rings. The van der Waals surface area contributed by atoms with Gasteiger partial charge in [0.25, 0.3) is 5.91 Å². The molecule has 0 saturated heterocycles. The predicted molar refractivity (Wildman–Crippen MR) is 110 cm³/mol. The number of hydrogen-bond acceptors (Lipinski definition) is 5. The summed E-state index contributed by atoms with van der Waals surface area (Å²) < 4.78 is 27.1. The summed E-state index contributed by atoms with van der Waals surface area (Å²) in [5.74, 6) is -2.05. The summed E-state index contributed by atoms with van der Waals surface area (Å²) in [6.45, 7) is 2.16. The van der Waals surface area contributed by atoms with Gasteiger partial charge < -0.3 is 16.4 Å². The molecule has 0 aliphatic rings. The van der Waals surface area contributed by atoms with Crippen LogP contribution in [0.15, 0.2) is 46.4 Å². The Morgan fingerprint density at radius 3 is 2.79 bits per heavy atom. The average molecular weight is 467 g/mol. The standard InChI is InChI=1S/C19H17BrF2N4OS/c1-10(11-4-5-14(21)15(22)7-11)26-19(27)16-17(23)13(20)9-25-18(16)24-8-12-3-2-6-28-12/h2-7,9-10H,8H2,1H3,(H,26,27)(H3,23,24,25)/t10-/m0/s1. The van der Waals surface area contributed by atoms with Crippen LogP contribution < -0.4 is 16.4 Å². The van der Waals surface area contributed by atoms with Crippen LogP contribution in [0.5, 0.6) is 0 Å². The normalized spacial score (nSPS) is 11.9. The first-order chi connectivity index (χ1) is 13.4. The Balaban J connectivity index is 1.82. The summed E-state index contributed by atoms with van der Waals surface area (Å²) in [6, 6.07) is 6.83. The number of anilines is 2. The molecule has 0 aliphatic carbocycles. The number of hydrogen-bond donors (Lipinski definition) is 3. The van der Waals surface area contributed by atoms with E-state index in [1.165, 1.54) is 12.3 Å². The molecule has 2 heterocycles. The number of nitrogens with zero attached hydrogens (tertiary/aromatic N) is 1. The Morgan fingerprint density at radius 1 is 1.32 bits per heavy atom. The monoisotopic (exact) mass is 466 g/mol. The van der Waals surface area contributed by atoms with Crippen molar-refractivity contribution in [3.05, 3.63) is 74.0 Å². The van der Waals surface area contributed by atoms with Crippen molar-refractivity contribution >= 4 is 44.7 Å². The molecule has 4 N–H and O–H groups in total. The van der Waals surface area contributed by atoms with Crippen molar-refractivity contribution < 1.29 is 13.6 Å². The molecule has 9 heteroatoms. The average Bonchev–Trinajstić information content (AvgIpc) is 3.18. The lowest BCUT2D eigenvalue weighted by atomic mass is 10.1. The van der Waals surface area contributed by atoms with Gasteiger partial charge >= 0.3 is 0 Å². The van der Waals surface area contributed by atoms with E-state index in [-0.39, 0.29) is 11.3 Å². The van der Waals surface area contributed by atoms with Gasteiger partial charge in [-0.05, 0) is 52.0 Å². The van der Waals surface area contributed by atoms with Gasteiger partial charge in [0.05, 0.1) is 22.7 Å². The quantitative estimate of drug-likeness (QED) is 0.484. The molecule has 146 valence electrons. The van der Waals surface area contributed by atoms with Crippen LogP contribution >= 0.6 is 27.3 Å². The highest BCUT2D eigenvalue weighted by Gasteiger charge is 2.21. The lowest BCUT2D eigenvalue weighted by Gasteiger charge is -2.18. The number of aromatic nitrogens is 1. The van der Waals surface area contributed by atoms with Crippen LogP contribution in [-0.4, -0.2) is 10.9 Å². The van der Waals surface area contributed by atoms with E-state index in [1.54, 1.807) is 18.3 Å². The number of benzene rings is 1. The van der Waals surface area contributed by atoms with E-state index in [9.17, 15) is 13.6 Å². The van der Waals surface area contributed by atoms with E-state index in [0.717, 1.165) is 17.0 Å². The zero-order valence-electron chi connectivity index (χ0n) is 14.8. The van der Waals surface area contributed by atoms with E-state index in [0.29, 0.717) is 22.4 Å². The third-order valence-electron chi connectivity index (χ3n) is 4.10. The van der Waals surface area contributed by atoms with E-state index in [4.69, 9.17) is 5.73 Å². The smallest absolute Gasteiger partial charge is 0.257 e. The number of thiophene rings is 1. The molecule has 0 saturated carbocycles. The number of nitrogen functional groups attached to an aromatic ring is 1. The molecule has 1 aromatic carbocycles. The number of carbonyl (C=O) groups excluding carboxylic acids is 1. The number of rotatable bonds is 6. The number of halogens is 3. The third-order valence-corrected chi connectivity index (χ3v) is 5.61. The molecule has 2 aromatic heterocycles. The topological polar surface area (TPSA) is 80.0 Å². The number of carbonyl (C=O) groups is 1. The van der Waals surface area contributed by atoms with Gasteiger partial charge in [-0.1, -0.05) is 12.1 Å². The Hall–Kier alpha value is -2.52. The SMILES string of the molecule is C[C@H](NC(=O)c1c(NCc2cccs2)ncc(Br)c1N)c1ccc(F)c(F)c1. The van der Waals surface area contributed by atoms with Gasteiger partial charge in [-0.25, -0.2) is 13.8 Å². The second-order valence-electron chi connectivity index (χ2n) is 6.05. The van der Waals surface area contributed by atoms with Gasteiger partial charge in [-0.3, -0.25) is 4.79 Å². The number of nitrogens with two attached hydrogens (primary N) is 1. The Morgan fingerprint density at radius 2 is 2.11 bits per heavy atom. The maximum Gasteiger partial charge on any atom is 0.257 e. The minimum Gasteiger partial charge on any atom is -0.397 e. The van der Waals surface area contributed by atoms with Crippen molar-refractivity contribution in [3.8, 4) is 0 Å². The van der Waals surface area contributed by atoms with Gasteiger partial charge in [0.2, 0.25) is 0 Å². The van der Waals surface area contributed by atoms with Crippen LogP contribution in [0.1, 0.15) is 33.8 Å². The van der Waals surface area contributed by atoms with Crippen molar-refractivity contribution in [1.29, 1.82) is 0 Å². The van der Waals surface area contributed by atoms with Gasteiger partial charge in [0.15, 0.2) is 11.6 Å². The summed E-state index contributed by atoms with van der Waals surface area (Å²) in [5, 5.41) is 7.83. The molecule has 0 bridgehead atoms. The summed E-state index contributed by atoms with van der Waals surface area (Å²) in [4.78, 5) is 18.2. The molecule has 0 radical (unpaired) electrons. The molecule has 28 heavy (non-hydrogen) atoms. The van der Waals surface area contributed by atoms with E-state index >= 15 is 0 Å². The third kappa shape index (κ3) is 4.48. The molecule has 3 rings (SSSR count). The molecule has 0 unspecified atom stereocenters. The number of pyridine rings is 1. The van der Waals surface area contributed by atoms with E-state index < -0.39 is 23.6 Å². The summed E-state index contributed by atoms with van der Waals surface area (Å²) in [7, 11) is 0. The minimum absolute atomic E-state index is 0.181. The summed E-state index contributed by atoms with van der Waals surface area (Å²) in [6.07, 6.45) is 1.52. The minimum atomic E-state index is -0.972. The number of amides is 1. The van der Waals surface area contributed by atoms with Crippen molar-refractivity contribution in [3.63, 3.8) is 0 Å². The lowest BCUT2D eigenvalue weighted by molar-refractivity contribution is 0.0941. The summed E-state index contributed by atoms with van der Waals surface area (Å²) in [5.41, 5.74) is 6.95. The first kappa shape index (κ1) is 20.2. The fourth-order valence-corrected chi connectivity index (χ4v) is 3.53. The van der Waals surface area contributed by atoms with Crippen molar-refractivity contribution in [2.75, 3.05) is 11.1 Å². The second kappa shape index (κ2) is 8.66. The van der Waals surface area contributed by atoms with Gasteiger partial charge in [-0.2, -0.15) is 0 Å². The number of nitrogens with one attached hydrogen (secondary N) is 2. The zero-order valence-corrected chi connectivity index (χ0v) is 17.2. The molecule has 0 aliphatic heterocycles. The zero-order chi connectivity index (χ0) is 20.3.